The fourth-order valence-corrected chi connectivity index (χ4v) is 4.10. The number of fused-ring (bicyclic) bond motifs is 2. The highest BCUT2D eigenvalue weighted by molar-refractivity contribution is 5.88. The summed E-state index contributed by atoms with van der Waals surface area (Å²) in [5.74, 6) is 1.05. The number of furan rings is 1. The van der Waals surface area contributed by atoms with Crippen molar-refractivity contribution in [1.82, 2.24) is 9.88 Å². The fourth-order valence-electron chi connectivity index (χ4n) is 4.10. The fraction of sp³-hybridized carbons (Fsp3) is 0.261. The molecule has 0 radical (unpaired) electrons. The van der Waals surface area contributed by atoms with Gasteiger partial charge in [0.2, 0.25) is 0 Å². The van der Waals surface area contributed by atoms with Crippen LogP contribution in [0.15, 0.2) is 71.5 Å². The van der Waals surface area contributed by atoms with E-state index >= 15 is 0 Å². The van der Waals surface area contributed by atoms with Gasteiger partial charge in [0.05, 0.1) is 11.6 Å². The van der Waals surface area contributed by atoms with Crippen molar-refractivity contribution in [1.29, 1.82) is 0 Å². The van der Waals surface area contributed by atoms with Gasteiger partial charge in [-0.3, -0.25) is 4.90 Å². The molecule has 1 aliphatic rings. The van der Waals surface area contributed by atoms with Crippen molar-refractivity contribution < 1.29 is 4.42 Å². The van der Waals surface area contributed by atoms with E-state index in [0.717, 1.165) is 55.9 Å². The summed E-state index contributed by atoms with van der Waals surface area (Å²) in [7, 11) is 0. The Balaban J connectivity index is 1.24. The van der Waals surface area contributed by atoms with E-state index in [9.17, 15) is 0 Å². The maximum atomic E-state index is 5.52. The van der Waals surface area contributed by atoms with Crippen LogP contribution in [0.5, 0.6) is 0 Å². The van der Waals surface area contributed by atoms with E-state index in [1.165, 1.54) is 16.3 Å². The SMILES string of the molecule is c1ccc2c(CCN3CCN(c4nccc5occc45)CC3)cccc2c1. The first kappa shape index (κ1) is 16.3. The van der Waals surface area contributed by atoms with Crippen molar-refractivity contribution in [2.45, 2.75) is 6.42 Å². The van der Waals surface area contributed by atoms with E-state index < -0.39 is 0 Å². The van der Waals surface area contributed by atoms with E-state index in [-0.39, 0.29) is 0 Å². The average molecular weight is 357 g/mol. The minimum Gasteiger partial charge on any atom is -0.464 e. The molecule has 4 aromatic rings. The highest BCUT2D eigenvalue weighted by Crippen LogP contribution is 2.26. The Labute approximate surface area is 159 Å². The summed E-state index contributed by atoms with van der Waals surface area (Å²) in [5, 5.41) is 3.83. The van der Waals surface area contributed by atoms with Gasteiger partial charge in [-0.05, 0) is 34.9 Å². The Morgan fingerprint density at radius 2 is 1.70 bits per heavy atom. The monoisotopic (exact) mass is 357 g/mol. The molecule has 5 rings (SSSR count). The lowest BCUT2D eigenvalue weighted by Gasteiger charge is -2.35. The van der Waals surface area contributed by atoms with Gasteiger partial charge in [0, 0.05) is 38.9 Å². The lowest BCUT2D eigenvalue weighted by molar-refractivity contribution is 0.261. The Morgan fingerprint density at radius 3 is 2.63 bits per heavy atom. The van der Waals surface area contributed by atoms with Crippen molar-refractivity contribution in [3.63, 3.8) is 0 Å². The van der Waals surface area contributed by atoms with Crippen LogP contribution in [-0.4, -0.2) is 42.6 Å². The molecule has 1 aliphatic heterocycles. The lowest BCUT2D eigenvalue weighted by Crippen LogP contribution is -2.47. The Morgan fingerprint density at radius 1 is 0.852 bits per heavy atom. The number of benzene rings is 2. The van der Waals surface area contributed by atoms with Crippen LogP contribution in [0.25, 0.3) is 21.7 Å². The third-order valence-electron chi connectivity index (χ3n) is 5.61. The zero-order valence-corrected chi connectivity index (χ0v) is 15.3. The molecule has 3 heterocycles. The van der Waals surface area contributed by atoms with E-state index in [4.69, 9.17) is 4.42 Å². The standard InChI is InChI=1S/C23H23N3O/c1-2-7-20-18(4-1)5-3-6-19(20)9-12-25-13-15-26(16-14-25)23-21-10-17-27-22(21)8-11-24-23/h1-8,10-11,17H,9,12-16H2. The molecule has 1 saturated heterocycles. The minimum atomic E-state index is 0.915. The van der Waals surface area contributed by atoms with Gasteiger partial charge in [-0.15, -0.1) is 0 Å². The smallest absolute Gasteiger partial charge is 0.139 e. The van der Waals surface area contributed by atoms with Gasteiger partial charge >= 0.3 is 0 Å². The van der Waals surface area contributed by atoms with E-state index in [1.807, 2.05) is 18.3 Å². The number of hydrogen-bond acceptors (Lipinski definition) is 4. The molecule has 136 valence electrons. The van der Waals surface area contributed by atoms with Crippen LogP contribution in [0.4, 0.5) is 5.82 Å². The van der Waals surface area contributed by atoms with Crippen molar-refractivity contribution in [2.24, 2.45) is 0 Å². The van der Waals surface area contributed by atoms with Crippen LogP contribution in [0.3, 0.4) is 0 Å². The van der Waals surface area contributed by atoms with Crippen LogP contribution >= 0.6 is 0 Å². The molecule has 0 unspecified atom stereocenters. The number of anilines is 1. The number of rotatable bonds is 4. The summed E-state index contributed by atoms with van der Waals surface area (Å²) in [5.41, 5.74) is 2.36. The number of hydrogen-bond donors (Lipinski definition) is 0. The van der Waals surface area contributed by atoms with Gasteiger partial charge in [0.15, 0.2) is 0 Å². The summed E-state index contributed by atoms with van der Waals surface area (Å²) in [4.78, 5) is 9.55. The van der Waals surface area contributed by atoms with Gasteiger partial charge in [-0.25, -0.2) is 4.98 Å². The van der Waals surface area contributed by atoms with Crippen molar-refractivity contribution in [2.75, 3.05) is 37.6 Å². The molecule has 2 aromatic carbocycles. The topological polar surface area (TPSA) is 32.5 Å². The molecule has 4 nitrogen and oxygen atoms in total. The minimum absolute atomic E-state index is 0.915. The van der Waals surface area contributed by atoms with Crippen molar-refractivity contribution in [3.8, 4) is 0 Å². The maximum Gasteiger partial charge on any atom is 0.139 e. The molecule has 2 aromatic heterocycles. The van der Waals surface area contributed by atoms with Gasteiger partial charge in [-0.2, -0.15) is 0 Å². The van der Waals surface area contributed by atoms with Crippen LogP contribution in [-0.2, 0) is 6.42 Å². The molecule has 0 saturated carbocycles. The molecule has 1 fully saturated rings. The first-order chi connectivity index (χ1) is 13.4. The van der Waals surface area contributed by atoms with E-state index in [1.54, 1.807) is 6.26 Å². The summed E-state index contributed by atoms with van der Waals surface area (Å²) < 4.78 is 5.52. The second-order valence-corrected chi connectivity index (χ2v) is 7.18. The molecular weight excluding hydrogens is 334 g/mol. The molecule has 0 N–H and O–H groups in total. The number of piperazine rings is 1. The zero-order valence-electron chi connectivity index (χ0n) is 15.3. The van der Waals surface area contributed by atoms with Crippen LogP contribution in [0.2, 0.25) is 0 Å². The van der Waals surface area contributed by atoms with Gasteiger partial charge in [0.25, 0.3) is 0 Å². The number of nitrogens with zero attached hydrogens (tertiary/aromatic N) is 3. The highest BCUT2D eigenvalue weighted by atomic mass is 16.3. The summed E-state index contributed by atoms with van der Waals surface area (Å²) in [6, 6.07) is 19.3. The molecule has 0 aliphatic carbocycles. The summed E-state index contributed by atoms with van der Waals surface area (Å²) in [6.07, 6.45) is 4.68. The first-order valence-corrected chi connectivity index (χ1v) is 9.65. The second-order valence-electron chi connectivity index (χ2n) is 7.18. The van der Waals surface area contributed by atoms with Crippen molar-refractivity contribution >= 4 is 27.6 Å². The Kier molecular flexibility index (Phi) is 4.26. The predicted octanol–water partition coefficient (Wildman–Crippen LogP) is 4.35. The normalized spacial score (nSPS) is 15.6. The molecule has 0 amide bonds. The lowest BCUT2D eigenvalue weighted by atomic mass is 10.0. The third-order valence-corrected chi connectivity index (χ3v) is 5.61. The van der Waals surface area contributed by atoms with Gasteiger partial charge in [0.1, 0.15) is 11.4 Å². The second kappa shape index (κ2) is 7.05. The largest absolute Gasteiger partial charge is 0.464 e. The first-order valence-electron chi connectivity index (χ1n) is 9.65. The average Bonchev–Trinajstić information content (AvgIpc) is 3.22. The zero-order chi connectivity index (χ0) is 18.1. The molecular formula is C23H23N3O. The van der Waals surface area contributed by atoms with Gasteiger partial charge < -0.3 is 9.32 Å². The Hall–Kier alpha value is -2.85. The third kappa shape index (κ3) is 3.17. The number of pyridine rings is 1. The van der Waals surface area contributed by atoms with E-state index in [2.05, 4.69) is 57.2 Å². The molecule has 0 spiro atoms. The molecule has 0 bridgehead atoms. The van der Waals surface area contributed by atoms with Crippen molar-refractivity contribution in [3.05, 3.63) is 72.6 Å². The summed E-state index contributed by atoms with van der Waals surface area (Å²) >= 11 is 0. The molecule has 4 heteroatoms. The predicted molar refractivity (Wildman–Crippen MR) is 110 cm³/mol. The Bertz CT molecular complexity index is 1060. The summed E-state index contributed by atoms with van der Waals surface area (Å²) in [6.45, 7) is 5.26. The maximum absolute atomic E-state index is 5.52. The van der Waals surface area contributed by atoms with Crippen LogP contribution < -0.4 is 4.90 Å². The molecule has 0 atom stereocenters. The number of aromatic nitrogens is 1. The highest BCUT2D eigenvalue weighted by Gasteiger charge is 2.20. The molecule has 27 heavy (non-hydrogen) atoms. The van der Waals surface area contributed by atoms with E-state index in [0.29, 0.717) is 0 Å². The van der Waals surface area contributed by atoms with Crippen LogP contribution in [0.1, 0.15) is 5.56 Å². The quantitative estimate of drug-likeness (QED) is 0.544. The van der Waals surface area contributed by atoms with Crippen LogP contribution in [0, 0.1) is 0 Å². The van der Waals surface area contributed by atoms with Gasteiger partial charge in [-0.1, -0.05) is 42.5 Å².